The number of methoxy groups -OCH3 is 1. The van der Waals surface area contributed by atoms with Crippen molar-refractivity contribution >= 4 is 28.6 Å². The molecule has 0 aliphatic carbocycles. The Hall–Kier alpha value is -3.17. The van der Waals surface area contributed by atoms with E-state index in [-0.39, 0.29) is 17.9 Å². The Bertz CT molecular complexity index is 939. The number of aromatic nitrogens is 1. The van der Waals surface area contributed by atoms with E-state index >= 15 is 0 Å². The summed E-state index contributed by atoms with van der Waals surface area (Å²) >= 11 is 0. The van der Waals surface area contributed by atoms with Crippen molar-refractivity contribution in [3.05, 3.63) is 30.0 Å². The summed E-state index contributed by atoms with van der Waals surface area (Å²) in [7, 11) is 1.38. The minimum atomic E-state index is -2.75. The molecule has 3 heterocycles. The van der Waals surface area contributed by atoms with Gasteiger partial charge in [0.25, 0.3) is 12.3 Å². The van der Waals surface area contributed by atoms with Crippen LogP contribution in [0.4, 0.5) is 19.4 Å². The van der Waals surface area contributed by atoms with Gasteiger partial charge in [-0.05, 0) is 23.6 Å². The molecule has 1 aromatic heterocycles. The molecule has 1 aromatic carbocycles. The number of hydrogen-bond donors (Lipinski definition) is 2. The van der Waals surface area contributed by atoms with E-state index in [0.717, 1.165) is 0 Å². The lowest BCUT2D eigenvalue weighted by Crippen LogP contribution is -2.42. The van der Waals surface area contributed by atoms with Crippen LogP contribution in [0.2, 0.25) is 0 Å². The molecule has 0 saturated carbocycles. The van der Waals surface area contributed by atoms with Crippen LogP contribution in [0.3, 0.4) is 0 Å². The zero-order valence-electron chi connectivity index (χ0n) is 14.2. The number of hydrogen-bond acceptors (Lipinski definition) is 6. The highest BCUT2D eigenvalue weighted by Crippen LogP contribution is 2.37. The van der Waals surface area contributed by atoms with Gasteiger partial charge in [-0.2, -0.15) is 0 Å². The topological polar surface area (TPSA) is 107 Å². The molecule has 2 saturated heterocycles. The molecule has 2 amide bonds. The van der Waals surface area contributed by atoms with Gasteiger partial charge >= 0.3 is 6.09 Å². The molecule has 142 valence electrons. The number of carbonyl (C=O) groups excluding carboxylic acids is 2. The third kappa shape index (κ3) is 2.68. The van der Waals surface area contributed by atoms with Crippen molar-refractivity contribution in [2.75, 3.05) is 18.6 Å². The van der Waals surface area contributed by atoms with Gasteiger partial charge < -0.3 is 25.4 Å². The zero-order valence-corrected chi connectivity index (χ0v) is 14.2. The zero-order chi connectivity index (χ0) is 19.3. The van der Waals surface area contributed by atoms with Crippen molar-refractivity contribution in [2.24, 2.45) is 5.73 Å². The summed E-state index contributed by atoms with van der Waals surface area (Å²) in [5, 5.41) is 3.67. The average Bonchev–Trinajstić information content (AvgIpc) is 3.15. The maximum atomic E-state index is 13.8. The first-order valence-electron chi connectivity index (χ1n) is 8.19. The number of anilines is 1. The van der Waals surface area contributed by atoms with E-state index in [1.54, 1.807) is 12.1 Å². The van der Waals surface area contributed by atoms with Crippen molar-refractivity contribution in [1.82, 2.24) is 10.3 Å². The molecule has 0 spiro atoms. The lowest BCUT2D eigenvalue weighted by Gasteiger charge is -2.28. The van der Waals surface area contributed by atoms with E-state index in [2.05, 4.69) is 10.3 Å². The Labute approximate surface area is 152 Å². The predicted molar refractivity (Wildman–Crippen MR) is 91.1 cm³/mol. The van der Waals surface area contributed by atoms with Crippen LogP contribution in [-0.4, -0.2) is 55.3 Å². The molecule has 1 unspecified atom stereocenters. The van der Waals surface area contributed by atoms with Gasteiger partial charge in [-0.15, -0.1) is 0 Å². The molecular weight excluding hydrogens is 362 g/mol. The number of ether oxygens (including phenoxy) is 2. The van der Waals surface area contributed by atoms with E-state index in [1.165, 1.54) is 24.3 Å². The largest absolute Gasteiger partial charge is 0.496 e. The number of nitrogens with zero attached hydrogens (tertiary/aromatic N) is 2. The number of primary amides is 1. The molecule has 4 rings (SSSR count). The SMILES string of the molecule is COc1cc2c(N3C[C@H]4NC(=O)O[C@H]4C3C(F)F)nccc2cc1C(N)=O. The van der Waals surface area contributed by atoms with Crippen molar-refractivity contribution < 1.29 is 27.8 Å². The van der Waals surface area contributed by atoms with E-state index in [9.17, 15) is 18.4 Å². The number of amides is 2. The highest BCUT2D eigenvalue weighted by molar-refractivity contribution is 6.03. The number of fused-ring (bicyclic) bond motifs is 2. The second-order valence-corrected chi connectivity index (χ2v) is 6.37. The average molecular weight is 378 g/mol. The Morgan fingerprint density at radius 3 is 2.93 bits per heavy atom. The summed E-state index contributed by atoms with van der Waals surface area (Å²) in [6.45, 7) is 0.122. The Kier molecular flexibility index (Phi) is 3.97. The number of alkyl halides is 2. The number of nitrogens with two attached hydrogens (primary N) is 1. The quantitative estimate of drug-likeness (QED) is 0.830. The van der Waals surface area contributed by atoms with Gasteiger partial charge in [-0.25, -0.2) is 18.6 Å². The maximum Gasteiger partial charge on any atom is 0.407 e. The first-order valence-corrected chi connectivity index (χ1v) is 8.19. The highest BCUT2D eigenvalue weighted by atomic mass is 19.3. The first kappa shape index (κ1) is 17.3. The van der Waals surface area contributed by atoms with E-state index in [0.29, 0.717) is 16.6 Å². The Morgan fingerprint density at radius 1 is 1.48 bits per heavy atom. The van der Waals surface area contributed by atoms with Gasteiger partial charge in [0.2, 0.25) is 0 Å². The van der Waals surface area contributed by atoms with E-state index in [4.69, 9.17) is 15.2 Å². The third-order valence-electron chi connectivity index (χ3n) is 4.89. The molecule has 2 fully saturated rings. The van der Waals surface area contributed by atoms with Crippen LogP contribution in [0.5, 0.6) is 5.75 Å². The molecule has 8 nitrogen and oxygen atoms in total. The van der Waals surface area contributed by atoms with Crippen molar-refractivity contribution in [2.45, 2.75) is 24.6 Å². The van der Waals surface area contributed by atoms with Gasteiger partial charge in [0.05, 0.1) is 18.7 Å². The van der Waals surface area contributed by atoms with Crippen LogP contribution in [-0.2, 0) is 4.74 Å². The maximum absolute atomic E-state index is 13.8. The molecule has 3 N–H and O–H groups in total. The molecule has 2 aliphatic heterocycles. The molecule has 27 heavy (non-hydrogen) atoms. The minimum Gasteiger partial charge on any atom is -0.496 e. The van der Waals surface area contributed by atoms with Gasteiger partial charge in [0, 0.05) is 18.1 Å². The van der Waals surface area contributed by atoms with Crippen LogP contribution >= 0.6 is 0 Å². The standard InChI is InChI=1S/C17H16F2N4O4/c1-26-11-5-8-7(4-9(11)15(20)24)2-3-21-16(8)23-6-10-13(12(23)14(18)19)27-17(25)22-10/h2-5,10,12-14H,6H2,1H3,(H2,20,24)(H,22,25)/t10-,12?,13-/m1/s1. The van der Waals surface area contributed by atoms with Crippen molar-refractivity contribution in [3.8, 4) is 5.75 Å². The fraction of sp³-hybridized carbons (Fsp3) is 0.353. The predicted octanol–water partition coefficient (Wildman–Crippen LogP) is 1.27. The van der Waals surface area contributed by atoms with Gasteiger partial charge in [-0.3, -0.25) is 4.79 Å². The summed E-state index contributed by atoms with van der Waals surface area (Å²) in [6.07, 6.45) is -2.96. The Balaban J connectivity index is 1.84. The second kappa shape index (κ2) is 6.22. The number of alkyl carbamates (subject to hydrolysis) is 1. The van der Waals surface area contributed by atoms with Crippen LogP contribution in [0.15, 0.2) is 24.4 Å². The van der Waals surface area contributed by atoms with Crippen LogP contribution in [0, 0.1) is 0 Å². The van der Waals surface area contributed by atoms with E-state index in [1.807, 2.05) is 0 Å². The summed E-state index contributed by atoms with van der Waals surface area (Å²) in [5.41, 5.74) is 5.56. The number of halogens is 2. The normalized spacial score (nSPS) is 24.1. The minimum absolute atomic E-state index is 0.122. The molecule has 0 bridgehead atoms. The summed E-state index contributed by atoms with van der Waals surface area (Å²) < 4.78 is 37.8. The monoisotopic (exact) mass is 378 g/mol. The molecule has 10 heteroatoms. The number of carbonyl (C=O) groups is 2. The number of benzene rings is 1. The van der Waals surface area contributed by atoms with Gasteiger partial charge in [-0.1, -0.05) is 0 Å². The van der Waals surface area contributed by atoms with E-state index < -0.39 is 36.6 Å². The fourth-order valence-electron chi connectivity index (χ4n) is 3.72. The fourth-order valence-corrected chi connectivity index (χ4v) is 3.72. The van der Waals surface area contributed by atoms with Gasteiger partial charge in [0.15, 0.2) is 6.10 Å². The van der Waals surface area contributed by atoms with Crippen LogP contribution in [0.1, 0.15) is 10.4 Å². The first-order chi connectivity index (χ1) is 12.9. The molecule has 3 atom stereocenters. The van der Waals surface area contributed by atoms with Gasteiger partial charge in [0.1, 0.15) is 17.6 Å². The molecule has 0 radical (unpaired) electrons. The lowest BCUT2D eigenvalue weighted by atomic mass is 10.1. The molecule has 2 aliphatic rings. The molecule has 2 aromatic rings. The summed E-state index contributed by atoms with van der Waals surface area (Å²) in [5.74, 6) is -0.148. The van der Waals surface area contributed by atoms with Crippen LogP contribution in [0.25, 0.3) is 10.8 Å². The number of pyridine rings is 1. The second-order valence-electron chi connectivity index (χ2n) is 6.37. The lowest BCUT2D eigenvalue weighted by molar-refractivity contribution is 0.0499. The third-order valence-corrected chi connectivity index (χ3v) is 4.89. The highest BCUT2D eigenvalue weighted by Gasteiger charge is 2.53. The summed E-state index contributed by atoms with van der Waals surface area (Å²) in [6, 6.07) is 2.84. The number of nitrogens with one attached hydrogen (secondary N) is 1. The van der Waals surface area contributed by atoms with Crippen LogP contribution < -0.4 is 20.7 Å². The smallest absolute Gasteiger partial charge is 0.407 e. The van der Waals surface area contributed by atoms with Crippen molar-refractivity contribution in [1.29, 1.82) is 0 Å². The molecular formula is C17H16F2N4O4. The summed E-state index contributed by atoms with van der Waals surface area (Å²) in [4.78, 5) is 28.7. The van der Waals surface area contributed by atoms with Crippen molar-refractivity contribution in [3.63, 3.8) is 0 Å². The Morgan fingerprint density at radius 2 is 2.26 bits per heavy atom. The number of rotatable bonds is 4.